The van der Waals surface area contributed by atoms with Crippen LogP contribution in [0.15, 0.2) is 54.6 Å². The number of carbonyl (C=O) groups excluding carboxylic acids is 1. The van der Waals surface area contributed by atoms with Crippen molar-refractivity contribution in [2.75, 3.05) is 0 Å². The van der Waals surface area contributed by atoms with E-state index in [4.69, 9.17) is 19.3 Å². The van der Waals surface area contributed by atoms with E-state index in [2.05, 4.69) is 0 Å². The van der Waals surface area contributed by atoms with Gasteiger partial charge in [0.15, 0.2) is 6.10 Å². The van der Waals surface area contributed by atoms with Gasteiger partial charge in [0.05, 0.1) is 5.56 Å². The molecule has 0 radical (unpaired) electrons. The van der Waals surface area contributed by atoms with Gasteiger partial charge < -0.3 is 34.6 Å². The summed E-state index contributed by atoms with van der Waals surface area (Å²) in [5, 5.41) is 38.4. The molecule has 2 aromatic rings. The van der Waals surface area contributed by atoms with E-state index in [-0.39, 0.29) is 5.56 Å². The van der Waals surface area contributed by atoms with Crippen LogP contribution in [0.25, 0.3) is 0 Å². The molecule has 0 aromatic heterocycles. The molecule has 0 unspecified atom stereocenters. The summed E-state index contributed by atoms with van der Waals surface area (Å²) in [7, 11) is 0. The normalized spacial score (nSPS) is 27.0. The van der Waals surface area contributed by atoms with Gasteiger partial charge in [0.25, 0.3) is 0 Å². The molecule has 1 aliphatic heterocycles. The first-order chi connectivity index (χ1) is 13.4. The van der Waals surface area contributed by atoms with Crippen molar-refractivity contribution in [3.05, 3.63) is 60.2 Å². The van der Waals surface area contributed by atoms with E-state index < -0.39 is 42.6 Å². The molecule has 0 spiro atoms. The molecule has 1 heterocycles. The highest BCUT2D eigenvalue weighted by Crippen LogP contribution is 2.25. The van der Waals surface area contributed by atoms with E-state index in [0.29, 0.717) is 11.5 Å². The SMILES string of the molecule is O=C(O[C@@H]1O[C@H](C(=O)O)[C@@H](O)[C@H](O)[C@H]1O)c1cccc(Oc2ccccc2)c1. The van der Waals surface area contributed by atoms with E-state index in [0.717, 1.165) is 0 Å². The van der Waals surface area contributed by atoms with Crippen LogP contribution in [0.3, 0.4) is 0 Å². The molecular weight excluding hydrogens is 372 g/mol. The van der Waals surface area contributed by atoms with Crippen molar-refractivity contribution in [3.63, 3.8) is 0 Å². The Balaban J connectivity index is 1.72. The van der Waals surface area contributed by atoms with Gasteiger partial charge >= 0.3 is 11.9 Å². The largest absolute Gasteiger partial charge is 0.479 e. The van der Waals surface area contributed by atoms with Crippen molar-refractivity contribution in [1.82, 2.24) is 0 Å². The Bertz CT molecular complexity index is 838. The third-order valence-corrected chi connectivity index (χ3v) is 4.08. The predicted octanol–water partition coefficient (Wildman–Crippen LogP) is 0.528. The second-order valence-electron chi connectivity index (χ2n) is 6.08. The highest BCUT2D eigenvalue weighted by atomic mass is 16.7. The number of aliphatic hydroxyl groups is 3. The summed E-state index contributed by atoms with van der Waals surface area (Å²) in [5.41, 5.74) is 0.0525. The zero-order valence-electron chi connectivity index (χ0n) is 14.4. The maximum absolute atomic E-state index is 12.4. The third-order valence-electron chi connectivity index (χ3n) is 4.08. The van der Waals surface area contributed by atoms with Crippen molar-refractivity contribution in [2.45, 2.75) is 30.7 Å². The van der Waals surface area contributed by atoms with Gasteiger partial charge in [-0.2, -0.15) is 0 Å². The van der Waals surface area contributed by atoms with E-state index >= 15 is 0 Å². The summed E-state index contributed by atoms with van der Waals surface area (Å²) >= 11 is 0. The molecule has 0 bridgehead atoms. The molecule has 0 saturated carbocycles. The van der Waals surface area contributed by atoms with Crippen LogP contribution in [0.2, 0.25) is 0 Å². The van der Waals surface area contributed by atoms with E-state index in [1.165, 1.54) is 12.1 Å². The number of carboxylic acids is 1. The minimum Gasteiger partial charge on any atom is -0.479 e. The minimum absolute atomic E-state index is 0.0525. The molecule has 4 N–H and O–H groups in total. The lowest BCUT2D eigenvalue weighted by Crippen LogP contribution is -2.60. The van der Waals surface area contributed by atoms with Crippen LogP contribution in [0.5, 0.6) is 11.5 Å². The van der Waals surface area contributed by atoms with Crippen molar-refractivity contribution < 1.29 is 44.2 Å². The van der Waals surface area contributed by atoms with Crippen LogP contribution in [-0.2, 0) is 14.3 Å². The van der Waals surface area contributed by atoms with Gasteiger partial charge in [0.2, 0.25) is 6.29 Å². The van der Waals surface area contributed by atoms with Crippen LogP contribution in [-0.4, -0.2) is 63.1 Å². The fourth-order valence-corrected chi connectivity index (χ4v) is 2.63. The Labute approximate surface area is 159 Å². The smallest absolute Gasteiger partial charge is 0.340 e. The molecule has 9 heteroatoms. The first kappa shape index (κ1) is 19.8. The molecular formula is C19H18O9. The van der Waals surface area contributed by atoms with Crippen LogP contribution >= 0.6 is 0 Å². The summed E-state index contributed by atoms with van der Waals surface area (Å²) in [6.45, 7) is 0. The summed E-state index contributed by atoms with van der Waals surface area (Å²) in [6.07, 6.45) is -9.18. The zero-order chi connectivity index (χ0) is 20.3. The molecule has 0 amide bonds. The van der Waals surface area contributed by atoms with Crippen LogP contribution < -0.4 is 4.74 Å². The summed E-state index contributed by atoms with van der Waals surface area (Å²) in [4.78, 5) is 23.5. The summed E-state index contributed by atoms with van der Waals surface area (Å²) < 4.78 is 15.5. The van der Waals surface area contributed by atoms with Crippen molar-refractivity contribution >= 4 is 11.9 Å². The lowest BCUT2D eigenvalue weighted by Gasteiger charge is -2.37. The second kappa shape index (κ2) is 8.36. The van der Waals surface area contributed by atoms with Crippen LogP contribution in [0, 0.1) is 0 Å². The van der Waals surface area contributed by atoms with Gasteiger partial charge in [0.1, 0.15) is 29.8 Å². The Morgan fingerprint density at radius 3 is 2.21 bits per heavy atom. The number of aliphatic hydroxyl groups excluding tert-OH is 3. The Kier molecular flexibility index (Phi) is 5.90. The van der Waals surface area contributed by atoms with E-state index in [9.17, 15) is 24.9 Å². The van der Waals surface area contributed by atoms with Gasteiger partial charge in [0, 0.05) is 0 Å². The minimum atomic E-state index is -1.87. The predicted molar refractivity (Wildman–Crippen MR) is 92.7 cm³/mol. The number of hydrogen-bond donors (Lipinski definition) is 4. The van der Waals surface area contributed by atoms with Gasteiger partial charge in [-0.3, -0.25) is 0 Å². The number of hydrogen-bond acceptors (Lipinski definition) is 8. The Morgan fingerprint density at radius 1 is 0.857 bits per heavy atom. The van der Waals surface area contributed by atoms with Gasteiger partial charge in [-0.05, 0) is 30.3 Å². The molecule has 3 rings (SSSR count). The fraction of sp³-hybridized carbons (Fsp3) is 0.263. The molecule has 5 atom stereocenters. The quantitative estimate of drug-likeness (QED) is 0.538. The number of carbonyl (C=O) groups is 2. The Morgan fingerprint density at radius 2 is 1.54 bits per heavy atom. The number of benzene rings is 2. The van der Waals surface area contributed by atoms with Gasteiger partial charge in [-0.15, -0.1) is 0 Å². The highest BCUT2D eigenvalue weighted by molar-refractivity contribution is 5.90. The maximum atomic E-state index is 12.4. The standard InChI is InChI=1S/C19H18O9/c20-13-14(21)16(17(23)24)27-19(15(13)22)28-18(25)10-5-4-8-12(9-10)26-11-6-2-1-3-7-11/h1-9,13-16,19-22H,(H,23,24)/t13-,14-,15+,16-,19-/m0/s1. The number of ether oxygens (including phenoxy) is 3. The van der Waals surface area contributed by atoms with Crippen molar-refractivity contribution in [2.24, 2.45) is 0 Å². The average Bonchev–Trinajstić information content (AvgIpc) is 2.69. The number of rotatable bonds is 5. The number of aliphatic carboxylic acids is 1. The lowest BCUT2D eigenvalue weighted by molar-refractivity contribution is -0.278. The third kappa shape index (κ3) is 4.29. The molecule has 1 aliphatic rings. The maximum Gasteiger partial charge on any atom is 0.340 e. The second-order valence-corrected chi connectivity index (χ2v) is 6.08. The number of para-hydroxylation sites is 1. The lowest BCUT2D eigenvalue weighted by atomic mass is 9.99. The van der Waals surface area contributed by atoms with E-state index in [1.807, 2.05) is 6.07 Å². The summed E-state index contributed by atoms with van der Waals surface area (Å²) in [6, 6.07) is 14.8. The number of esters is 1. The first-order valence-electron chi connectivity index (χ1n) is 8.33. The monoisotopic (exact) mass is 390 g/mol. The Hall–Kier alpha value is -2.98. The van der Waals surface area contributed by atoms with Gasteiger partial charge in [-0.1, -0.05) is 24.3 Å². The topological polar surface area (TPSA) is 143 Å². The van der Waals surface area contributed by atoms with Crippen molar-refractivity contribution in [3.8, 4) is 11.5 Å². The molecule has 9 nitrogen and oxygen atoms in total. The average molecular weight is 390 g/mol. The van der Waals surface area contributed by atoms with E-state index in [1.54, 1.807) is 36.4 Å². The van der Waals surface area contributed by atoms with Crippen molar-refractivity contribution in [1.29, 1.82) is 0 Å². The summed E-state index contributed by atoms with van der Waals surface area (Å²) in [5.74, 6) is -1.60. The molecule has 1 fully saturated rings. The van der Waals surface area contributed by atoms with Gasteiger partial charge in [-0.25, -0.2) is 9.59 Å². The number of carboxylic acid groups (broad SMARTS) is 1. The molecule has 1 saturated heterocycles. The first-order valence-corrected chi connectivity index (χ1v) is 8.33. The molecule has 28 heavy (non-hydrogen) atoms. The zero-order valence-corrected chi connectivity index (χ0v) is 14.4. The van der Waals surface area contributed by atoms with Crippen LogP contribution in [0.1, 0.15) is 10.4 Å². The van der Waals surface area contributed by atoms with Crippen LogP contribution in [0.4, 0.5) is 0 Å². The fourth-order valence-electron chi connectivity index (χ4n) is 2.63. The molecule has 0 aliphatic carbocycles. The molecule has 148 valence electrons. The molecule has 2 aromatic carbocycles. The highest BCUT2D eigenvalue weighted by Gasteiger charge is 2.48.